The third-order valence-corrected chi connectivity index (χ3v) is 3.43. The molecule has 0 saturated heterocycles. The van der Waals surface area contributed by atoms with E-state index in [1.165, 1.54) is 6.92 Å². The van der Waals surface area contributed by atoms with Crippen LogP contribution in [0.15, 0.2) is 0 Å². The second-order valence-corrected chi connectivity index (χ2v) is 5.08. The lowest BCUT2D eigenvalue weighted by atomic mass is 10.2. The summed E-state index contributed by atoms with van der Waals surface area (Å²) in [5.74, 6) is 0. The van der Waals surface area contributed by atoms with Crippen LogP contribution < -0.4 is 4.72 Å². The topological polar surface area (TPSA) is 90.2 Å². The maximum atomic E-state index is 11.2. The summed E-state index contributed by atoms with van der Waals surface area (Å²) in [7, 11) is -3.47. The molecule has 0 aromatic rings. The van der Waals surface area contributed by atoms with Crippen molar-refractivity contribution < 1.29 is 13.5 Å². The van der Waals surface area contributed by atoms with E-state index in [0.29, 0.717) is 19.4 Å². The number of rotatable bonds is 7. The number of aliphatic hydroxyl groups excluding tert-OH is 1. The number of aliphatic hydroxyl groups is 1. The van der Waals surface area contributed by atoms with Crippen LogP contribution in [0.25, 0.3) is 0 Å². The molecule has 0 spiro atoms. The molecule has 1 unspecified atom stereocenters. The van der Waals surface area contributed by atoms with Crippen LogP contribution in [0.2, 0.25) is 0 Å². The summed E-state index contributed by atoms with van der Waals surface area (Å²) < 4.78 is 24.8. The van der Waals surface area contributed by atoms with E-state index in [-0.39, 0.29) is 6.61 Å². The van der Waals surface area contributed by atoms with Crippen LogP contribution >= 0.6 is 0 Å². The minimum Gasteiger partial charge on any atom is -0.396 e. The molecule has 5 nitrogen and oxygen atoms in total. The zero-order valence-corrected chi connectivity index (χ0v) is 9.05. The maximum Gasteiger partial charge on any atom is 0.227 e. The van der Waals surface area contributed by atoms with Crippen LogP contribution in [0, 0.1) is 11.3 Å². The number of hydrogen-bond acceptors (Lipinski definition) is 4. The van der Waals surface area contributed by atoms with Crippen molar-refractivity contribution in [3.8, 4) is 6.07 Å². The van der Waals surface area contributed by atoms with E-state index in [1.54, 1.807) is 6.07 Å². The third-order valence-electron chi connectivity index (χ3n) is 1.79. The van der Waals surface area contributed by atoms with E-state index in [2.05, 4.69) is 4.72 Å². The Balaban J connectivity index is 3.74. The molecule has 6 heteroatoms. The van der Waals surface area contributed by atoms with Gasteiger partial charge in [0.25, 0.3) is 0 Å². The molecule has 14 heavy (non-hydrogen) atoms. The van der Waals surface area contributed by atoms with E-state index in [9.17, 15) is 8.42 Å². The second-order valence-electron chi connectivity index (χ2n) is 2.99. The van der Waals surface area contributed by atoms with Crippen molar-refractivity contribution in [1.29, 1.82) is 5.26 Å². The molecule has 0 aliphatic heterocycles. The Morgan fingerprint density at radius 1 is 1.43 bits per heavy atom. The molecule has 0 heterocycles. The van der Waals surface area contributed by atoms with Crippen molar-refractivity contribution in [3.05, 3.63) is 0 Å². The first-order chi connectivity index (χ1) is 6.54. The summed E-state index contributed by atoms with van der Waals surface area (Å²) >= 11 is 0. The van der Waals surface area contributed by atoms with Gasteiger partial charge in [0.15, 0.2) is 5.25 Å². The van der Waals surface area contributed by atoms with Gasteiger partial charge in [0, 0.05) is 13.2 Å². The molecule has 0 radical (unpaired) electrons. The number of sulfonamides is 1. The van der Waals surface area contributed by atoms with Crippen LogP contribution in [-0.4, -0.2) is 31.9 Å². The van der Waals surface area contributed by atoms with Gasteiger partial charge in [-0.25, -0.2) is 13.1 Å². The Kier molecular flexibility index (Phi) is 6.45. The summed E-state index contributed by atoms with van der Waals surface area (Å²) in [6.07, 6.45) is 2.13. The summed E-state index contributed by atoms with van der Waals surface area (Å²) in [4.78, 5) is 0. The summed E-state index contributed by atoms with van der Waals surface area (Å²) in [5.41, 5.74) is 0. The smallest absolute Gasteiger partial charge is 0.227 e. The van der Waals surface area contributed by atoms with Gasteiger partial charge in [-0.15, -0.1) is 0 Å². The molecular formula is C8H16N2O3S. The Bertz CT molecular complexity index is 281. The van der Waals surface area contributed by atoms with Gasteiger partial charge in [0.2, 0.25) is 10.0 Å². The first-order valence-electron chi connectivity index (χ1n) is 4.53. The first kappa shape index (κ1) is 13.4. The van der Waals surface area contributed by atoms with Crippen molar-refractivity contribution in [3.63, 3.8) is 0 Å². The average Bonchev–Trinajstić information content (AvgIpc) is 2.16. The standard InChI is InChI=1S/C8H16N2O3S/c1-8(7-9)14(12,13)10-5-3-2-4-6-11/h8,10-11H,2-6H2,1H3. The van der Waals surface area contributed by atoms with Gasteiger partial charge in [0.05, 0.1) is 6.07 Å². The van der Waals surface area contributed by atoms with E-state index in [0.717, 1.165) is 6.42 Å². The minimum absolute atomic E-state index is 0.126. The normalized spacial score (nSPS) is 13.5. The molecule has 0 aliphatic carbocycles. The first-order valence-corrected chi connectivity index (χ1v) is 6.08. The van der Waals surface area contributed by atoms with Gasteiger partial charge < -0.3 is 5.11 Å². The van der Waals surface area contributed by atoms with Crippen LogP contribution in [0.1, 0.15) is 26.2 Å². The fourth-order valence-corrected chi connectivity index (χ4v) is 1.64. The lowest BCUT2D eigenvalue weighted by molar-refractivity contribution is 0.283. The number of nitrogens with one attached hydrogen (secondary N) is 1. The summed E-state index contributed by atoms with van der Waals surface area (Å²) in [6.45, 7) is 1.80. The Labute approximate surface area is 84.8 Å². The second kappa shape index (κ2) is 6.76. The lowest BCUT2D eigenvalue weighted by Gasteiger charge is -2.06. The molecule has 0 aromatic heterocycles. The van der Waals surface area contributed by atoms with Crippen molar-refractivity contribution in [2.24, 2.45) is 0 Å². The van der Waals surface area contributed by atoms with E-state index < -0.39 is 15.3 Å². The number of hydrogen-bond donors (Lipinski definition) is 2. The largest absolute Gasteiger partial charge is 0.396 e. The Morgan fingerprint density at radius 2 is 2.07 bits per heavy atom. The number of nitriles is 1. The predicted molar refractivity (Wildman–Crippen MR) is 52.9 cm³/mol. The zero-order valence-electron chi connectivity index (χ0n) is 8.23. The molecule has 82 valence electrons. The van der Waals surface area contributed by atoms with Gasteiger partial charge in [-0.2, -0.15) is 5.26 Å². The van der Waals surface area contributed by atoms with E-state index >= 15 is 0 Å². The lowest BCUT2D eigenvalue weighted by Crippen LogP contribution is -2.32. The van der Waals surface area contributed by atoms with Crippen molar-refractivity contribution in [1.82, 2.24) is 4.72 Å². The highest BCUT2D eigenvalue weighted by atomic mass is 32.2. The van der Waals surface area contributed by atoms with Crippen LogP contribution in [0.5, 0.6) is 0 Å². The maximum absolute atomic E-state index is 11.2. The van der Waals surface area contributed by atoms with Crippen LogP contribution in [0.4, 0.5) is 0 Å². The third kappa shape index (κ3) is 5.17. The summed E-state index contributed by atoms with van der Waals surface area (Å²) in [5, 5.41) is 15.9. The Hall–Kier alpha value is -0.640. The minimum atomic E-state index is -3.47. The molecular weight excluding hydrogens is 204 g/mol. The molecule has 0 aromatic carbocycles. The monoisotopic (exact) mass is 220 g/mol. The van der Waals surface area contributed by atoms with Crippen molar-refractivity contribution in [2.75, 3.05) is 13.2 Å². The molecule has 0 bridgehead atoms. The zero-order chi connectivity index (χ0) is 11.0. The molecule has 0 rings (SSSR count). The highest BCUT2D eigenvalue weighted by Crippen LogP contribution is 1.98. The molecule has 0 saturated carbocycles. The van der Waals surface area contributed by atoms with Crippen LogP contribution in [-0.2, 0) is 10.0 Å². The molecule has 2 N–H and O–H groups in total. The highest BCUT2D eigenvalue weighted by Gasteiger charge is 2.18. The average molecular weight is 220 g/mol. The van der Waals surface area contributed by atoms with Gasteiger partial charge in [-0.05, 0) is 26.2 Å². The van der Waals surface area contributed by atoms with Gasteiger partial charge >= 0.3 is 0 Å². The van der Waals surface area contributed by atoms with Gasteiger partial charge in [-0.1, -0.05) is 0 Å². The van der Waals surface area contributed by atoms with Crippen molar-refractivity contribution in [2.45, 2.75) is 31.4 Å². The Morgan fingerprint density at radius 3 is 2.57 bits per heavy atom. The molecule has 0 fully saturated rings. The quantitative estimate of drug-likeness (QED) is 0.590. The fraction of sp³-hybridized carbons (Fsp3) is 0.875. The SMILES string of the molecule is CC(C#N)S(=O)(=O)NCCCCCO. The highest BCUT2D eigenvalue weighted by molar-refractivity contribution is 7.90. The van der Waals surface area contributed by atoms with Crippen LogP contribution in [0.3, 0.4) is 0 Å². The van der Waals surface area contributed by atoms with Gasteiger partial charge in [0.1, 0.15) is 0 Å². The van der Waals surface area contributed by atoms with Gasteiger partial charge in [-0.3, -0.25) is 0 Å². The summed E-state index contributed by atoms with van der Waals surface area (Å²) in [6, 6.07) is 1.67. The van der Waals surface area contributed by atoms with E-state index in [1.807, 2.05) is 0 Å². The fourth-order valence-electron chi connectivity index (χ4n) is 0.822. The predicted octanol–water partition coefficient (Wildman–Crippen LogP) is -0.0195. The van der Waals surface area contributed by atoms with Crippen molar-refractivity contribution >= 4 is 10.0 Å². The molecule has 1 atom stereocenters. The van der Waals surface area contributed by atoms with E-state index in [4.69, 9.17) is 10.4 Å². The molecule has 0 aliphatic rings. The molecule has 0 amide bonds. The number of unbranched alkanes of at least 4 members (excludes halogenated alkanes) is 2. The number of nitrogens with zero attached hydrogens (tertiary/aromatic N) is 1.